The van der Waals surface area contributed by atoms with Gasteiger partial charge in [0.1, 0.15) is 6.17 Å². The first-order valence-electron chi connectivity index (χ1n) is 5.06. The van der Waals surface area contributed by atoms with Crippen LogP contribution in [0.2, 0.25) is 0 Å². The number of halogens is 1. The number of nitrogens with zero attached hydrogens (tertiary/aromatic N) is 3. The summed E-state index contributed by atoms with van der Waals surface area (Å²) in [7, 11) is 1.85. The molecule has 2 atom stereocenters. The third kappa shape index (κ3) is 2.09. The van der Waals surface area contributed by atoms with E-state index in [0.29, 0.717) is 24.9 Å². The third-order valence-corrected chi connectivity index (χ3v) is 2.56. The second kappa shape index (κ2) is 4.14. The first-order chi connectivity index (χ1) is 7.20. The van der Waals surface area contributed by atoms with E-state index in [-0.39, 0.29) is 6.04 Å². The summed E-state index contributed by atoms with van der Waals surface area (Å²) in [6.07, 6.45) is -0.294. The molecule has 0 unspecified atom stereocenters. The lowest BCUT2D eigenvalue weighted by Gasteiger charge is -2.21. The van der Waals surface area contributed by atoms with Crippen LogP contribution in [0.25, 0.3) is 0 Å². The van der Waals surface area contributed by atoms with Crippen LogP contribution in [0.15, 0.2) is 4.42 Å². The van der Waals surface area contributed by atoms with Crippen molar-refractivity contribution in [3.8, 4) is 0 Å². The van der Waals surface area contributed by atoms with Crippen molar-refractivity contribution >= 4 is 6.01 Å². The summed E-state index contributed by atoms with van der Waals surface area (Å²) >= 11 is 0. The largest absolute Gasteiger partial charge is 0.408 e. The van der Waals surface area contributed by atoms with Gasteiger partial charge < -0.3 is 14.6 Å². The standard InChI is InChI=1S/C9H15FN4O/c1-6-12-13-9(15-6)14-5-7(10)3-8(14)4-11-2/h7-8,11H,3-5H2,1-2H3/t7-,8-/m0/s1. The monoisotopic (exact) mass is 214 g/mol. The zero-order valence-electron chi connectivity index (χ0n) is 8.90. The highest BCUT2D eigenvalue weighted by Crippen LogP contribution is 2.25. The Balaban J connectivity index is 2.12. The third-order valence-electron chi connectivity index (χ3n) is 2.56. The number of alkyl halides is 1. The van der Waals surface area contributed by atoms with Crippen LogP contribution < -0.4 is 10.2 Å². The summed E-state index contributed by atoms with van der Waals surface area (Å²) < 4.78 is 18.6. The molecule has 0 amide bonds. The first-order valence-corrected chi connectivity index (χ1v) is 5.06. The fourth-order valence-electron chi connectivity index (χ4n) is 1.93. The Kier molecular flexibility index (Phi) is 2.86. The molecule has 0 radical (unpaired) electrons. The van der Waals surface area contributed by atoms with E-state index in [1.54, 1.807) is 6.92 Å². The maximum Gasteiger partial charge on any atom is 0.318 e. The highest BCUT2D eigenvalue weighted by atomic mass is 19.1. The van der Waals surface area contributed by atoms with Crippen LogP contribution in [0.3, 0.4) is 0 Å². The van der Waals surface area contributed by atoms with E-state index in [1.807, 2.05) is 11.9 Å². The Morgan fingerprint density at radius 2 is 2.40 bits per heavy atom. The molecule has 6 heteroatoms. The quantitative estimate of drug-likeness (QED) is 0.794. The van der Waals surface area contributed by atoms with Crippen molar-refractivity contribution in [2.24, 2.45) is 0 Å². The molecule has 1 aromatic rings. The minimum Gasteiger partial charge on any atom is -0.408 e. The van der Waals surface area contributed by atoms with Gasteiger partial charge in [0.15, 0.2) is 0 Å². The molecule has 0 bridgehead atoms. The van der Waals surface area contributed by atoms with Gasteiger partial charge in [0.2, 0.25) is 5.89 Å². The maximum absolute atomic E-state index is 13.3. The van der Waals surface area contributed by atoms with Crippen LogP contribution in [-0.4, -0.2) is 42.5 Å². The topological polar surface area (TPSA) is 54.2 Å². The molecular formula is C9H15FN4O. The Bertz CT molecular complexity index is 330. The molecule has 0 saturated carbocycles. The molecule has 0 aliphatic carbocycles. The van der Waals surface area contributed by atoms with Crippen molar-refractivity contribution in [3.63, 3.8) is 0 Å². The van der Waals surface area contributed by atoms with Crippen molar-refractivity contribution < 1.29 is 8.81 Å². The second-order valence-corrected chi connectivity index (χ2v) is 3.80. The van der Waals surface area contributed by atoms with Gasteiger partial charge in [0.05, 0.1) is 6.54 Å². The smallest absolute Gasteiger partial charge is 0.318 e. The van der Waals surface area contributed by atoms with Crippen molar-refractivity contribution in [1.82, 2.24) is 15.5 Å². The molecule has 2 heterocycles. The molecule has 5 nitrogen and oxygen atoms in total. The average Bonchev–Trinajstić information content (AvgIpc) is 2.73. The van der Waals surface area contributed by atoms with Gasteiger partial charge in [-0.1, -0.05) is 5.10 Å². The van der Waals surface area contributed by atoms with Crippen LogP contribution >= 0.6 is 0 Å². The molecule has 2 rings (SSSR count). The van der Waals surface area contributed by atoms with E-state index in [0.717, 1.165) is 6.54 Å². The predicted octanol–water partition coefficient (Wildman–Crippen LogP) is 0.514. The molecule has 1 aliphatic heterocycles. The summed E-state index contributed by atoms with van der Waals surface area (Å²) in [4.78, 5) is 1.83. The molecular weight excluding hydrogens is 199 g/mol. The van der Waals surface area contributed by atoms with E-state index < -0.39 is 6.17 Å². The number of likely N-dealkylation sites (N-methyl/N-ethyl adjacent to an activating group) is 1. The maximum atomic E-state index is 13.3. The summed E-state index contributed by atoms with van der Waals surface area (Å²) in [5, 5.41) is 10.7. The average molecular weight is 214 g/mol. The van der Waals surface area contributed by atoms with Crippen LogP contribution in [0.5, 0.6) is 0 Å². The Hall–Kier alpha value is -1.17. The number of hydrogen-bond acceptors (Lipinski definition) is 5. The van der Waals surface area contributed by atoms with E-state index in [1.165, 1.54) is 0 Å². The lowest BCUT2D eigenvalue weighted by molar-refractivity contribution is 0.355. The summed E-state index contributed by atoms with van der Waals surface area (Å²) in [5.74, 6) is 0.510. The van der Waals surface area contributed by atoms with Gasteiger partial charge in [0, 0.05) is 25.9 Å². The first kappa shape index (κ1) is 10.4. The molecule has 1 saturated heterocycles. The van der Waals surface area contributed by atoms with Gasteiger partial charge in [-0.05, 0) is 7.05 Å². The number of rotatable bonds is 3. The molecule has 15 heavy (non-hydrogen) atoms. The Morgan fingerprint density at radius 3 is 3.00 bits per heavy atom. The van der Waals surface area contributed by atoms with E-state index in [9.17, 15) is 4.39 Å². The minimum atomic E-state index is -0.810. The van der Waals surface area contributed by atoms with Crippen LogP contribution in [-0.2, 0) is 0 Å². The van der Waals surface area contributed by atoms with Gasteiger partial charge in [-0.3, -0.25) is 0 Å². The van der Waals surface area contributed by atoms with Crippen molar-refractivity contribution in [1.29, 1.82) is 0 Å². The molecule has 0 aromatic carbocycles. The number of nitrogens with one attached hydrogen (secondary N) is 1. The predicted molar refractivity (Wildman–Crippen MR) is 53.6 cm³/mol. The number of aryl methyl sites for hydroxylation is 1. The fourth-order valence-corrected chi connectivity index (χ4v) is 1.93. The zero-order chi connectivity index (χ0) is 10.8. The Labute approximate surface area is 87.7 Å². The summed E-state index contributed by atoms with van der Waals surface area (Å²) in [6.45, 7) is 2.79. The van der Waals surface area contributed by atoms with Gasteiger partial charge in [-0.25, -0.2) is 4.39 Å². The molecule has 84 valence electrons. The number of anilines is 1. The van der Waals surface area contributed by atoms with Crippen LogP contribution in [0.1, 0.15) is 12.3 Å². The minimum absolute atomic E-state index is 0.102. The van der Waals surface area contributed by atoms with E-state index >= 15 is 0 Å². The van der Waals surface area contributed by atoms with Crippen molar-refractivity contribution in [2.75, 3.05) is 25.0 Å². The number of aromatic nitrogens is 2. The van der Waals surface area contributed by atoms with Gasteiger partial charge in [-0.15, -0.1) is 5.10 Å². The molecule has 1 fully saturated rings. The second-order valence-electron chi connectivity index (χ2n) is 3.80. The molecule has 1 aromatic heterocycles. The van der Waals surface area contributed by atoms with Crippen LogP contribution in [0.4, 0.5) is 10.4 Å². The lowest BCUT2D eigenvalue weighted by Crippen LogP contribution is -2.37. The summed E-state index contributed by atoms with van der Waals surface area (Å²) in [6, 6.07) is 0.526. The summed E-state index contributed by atoms with van der Waals surface area (Å²) in [5.41, 5.74) is 0. The lowest BCUT2D eigenvalue weighted by atomic mass is 10.2. The SMILES string of the molecule is CNC[C@@H]1C[C@H](F)CN1c1nnc(C)o1. The van der Waals surface area contributed by atoms with E-state index in [4.69, 9.17) is 4.42 Å². The highest BCUT2D eigenvalue weighted by Gasteiger charge is 2.34. The van der Waals surface area contributed by atoms with Crippen LogP contribution in [0, 0.1) is 6.92 Å². The normalized spacial score (nSPS) is 26.2. The molecule has 1 aliphatic rings. The molecule has 0 spiro atoms. The molecule has 1 N–H and O–H groups in total. The number of hydrogen-bond donors (Lipinski definition) is 1. The Morgan fingerprint density at radius 1 is 1.60 bits per heavy atom. The van der Waals surface area contributed by atoms with Gasteiger partial charge in [-0.2, -0.15) is 0 Å². The highest BCUT2D eigenvalue weighted by molar-refractivity contribution is 5.30. The van der Waals surface area contributed by atoms with Crippen molar-refractivity contribution in [3.05, 3.63) is 5.89 Å². The fraction of sp³-hybridized carbons (Fsp3) is 0.778. The van der Waals surface area contributed by atoms with Gasteiger partial charge in [0.25, 0.3) is 0 Å². The van der Waals surface area contributed by atoms with Gasteiger partial charge >= 0.3 is 6.01 Å². The van der Waals surface area contributed by atoms with E-state index in [2.05, 4.69) is 15.5 Å². The van der Waals surface area contributed by atoms with Crippen molar-refractivity contribution in [2.45, 2.75) is 25.6 Å². The zero-order valence-corrected chi connectivity index (χ0v) is 8.90.